The van der Waals surface area contributed by atoms with Crippen molar-refractivity contribution in [2.75, 3.05) is 19.0 Å². The number of anilines is 1. The molecule has 0 radical (unpaired) electrons. The number of carbonyl (C=O) groups is 3. The van der Waals surface area contributed by atoms with Crippen LogP contribution in [0.5, 0.6) is 0 Å². The zero-order chi connectivity index (χ0) is 16.0. The van der Waals surface area contributed by atoms with Gasteiger partial charge in [-0.05, 0) is 18.2 Å². The number of carbonyl (C=O) groups excluding carboxylic acids is 2. The number of carboxylic acid groups (broad SMARTS) is 1. The topological polar surface area (TPSA) is 105 Å². The molecule has 0 heterocycles. The van der Waals surface area contributed by atoms with Gasteiger partial charge in [-0.25, -0.2) is 9.18 Å². The van der Waals surface area contributed by atoms with Crippen molar-refractivity contribution in [3.8, 4) is 0 Å². The molecule has 0 aliphatic carbocycles. The van der Waals surface area contributed by atoms with Gasteiger partial charge in [-0.15, -0.1) is 0 Å². The smallest absolute Gasteiger partial charge is 0.334 e. The number of amides is 2. The second-order valence-electron chi connectivity index (χ2n) is 4.15. The quantitative estimate of drug-likeness (QED) is 0.714. The maximum Gasteiger partial charge on any atom is 0.334 e. The lowest BCUT2D eigenvalue weighted by Crippen LogP contribution is -2.38. The number of rotatable bonds is 6. The zero-order valence-corrected chi connectivity index (χ0v) is 11.5. The molecule has 1 aromatic rings. The Morgan fingerprint density at radius 3 is 2.57 bits per heavy atom. The predicted molar refractivity (Wildman–Crippen MR) is 71.5 cm³/mol. The molecule has 1 unspecified atom stereocenters. The van der Waals surface area contributed by atoms with E-state index >= 15 is 0 Å². The number of carboxylic acids is 1. The van der Waals surface area contributed by atoms with Crippen molar-refractivity contribution >= 4 is 23.5 Å². The van der Waals surface area contributed by atoms with Gasteiger partial charge in [0, 0.05) is 19.7 Å². The average molecular weight is 298 g/mol. The highest BCUT2D eigenvalue weighted by Crippen LogP contribution is 2.14. The lowest BCUT2D eigenvalue weighted by atomic mass is 10.1. The summed E-state index contributed by atoms with van der Waals surface area (Å²) in [5, 5.41) is 13.4. The Morgan fingerprint density at radius 1 is 1.38 bits per heavy atom. The second-order valence-corrected chi connectivity index (χ2v) is 4.15. The molecular formula is C13H15FN2O5. The van der Waals surface area contributed by atoms with Crippen molar-refractivity contribution in [2.24, 2.45) is 0 Å². The van der Waals surface area contributed by atoms with Crippen molar-refractivity contribution in [2.45, 2.75) is 13.0 Å². The molecular weight excluding hydrogens is 283 g/mol. The van der Waals surface area contributed by atoms with Gasteiger partial charge in [0.2, 0.25) is 5.91 Å². The number of hydrogen-bond donors (Lipinski definition) is 3. The Hall–Kier alpha value is -2.48. The summed E-state index contributed by atoms with van der Waals surface area (Å²) >= 11 is 0. The normalized spacial score (nSPS) is 11.6. The van der Waals surface area contributed by atoms with Gasteiger partial charge in [-0.1, -0.05) is 0 Å². The highest BCUT2D eigenvalue weighted by Gasteiger charge is 2.19. The van der Waals surface area contributed by atoms with E-state index in [1.54, 1.807) is 0 Å². The molecule has 0 spiro atoms. The molecule has 0 fully saturated rings. The molecule has 0 saturated heterocycles. The molecule has 1 rings (SSSR count). The van der Waals surface area contributed by atoms with E-state index in [-0.39, 0.29) is 23.7 Å². The molecule has 0 saturated carbocycles. The van der Waals surface area contributed by atoms with Crippen molar-refractivity contribution in [3.05, 3.63) is 29.6 Å². The fourth-order valence-electron chi connectivity index (χ4n) is 1.53. The van der Waals surface area contributed by atoms with Gasteiger partial charge >= 0.3 is 5.97 Å². The molecule has 1 atom stereocenters. The standard InChI is InChI=1S/C13H15FN2O5/c1-7(17)16-8-3-4-10(14)9(5-8)12(18)15-6-11(21-2)13(19)20/h3-5,11H,6H2,1-2H3,(H,15,18)(H,16,17)(H,19,20). The van der Waals surface area contributed by atoms with Gasteiger partial charge in [0.1, 0.15) is 5.82 Å². The first kappa shape index (κ1) is 16.6. The number of halogens is 1. The molecule has 0 aromatic heterocycles. The van der Waals surface area contributed by atoms with Crippen LogP contribution in [-0.2, 0) is 14.3 Å². The van der Waals surface area contributed by atoms with Crippen LogP contribution in [-0.4, -0.2) is 42.6 Å². The van der Waals surface area contributed by atoms with E-state index in [0.717, 1.165) is 12.1 Å². The molecule has 0 aliphatic heterocycles. The molecule has 0 aliphatic rings. The van der Waals surface area contributed by atoms with Crippen LogP contribution in [0.15, 0.2) is 18.2 Å². The van der Waals surface area contributed by atoms with E-state index in [1.807, 2.05) is 0 Å². The van der Waals surface area contributed by atoms with Crippen LogP contribution >= 0.6 is 0 Å². The largest absolute Gasteiger partial charge is 0.479 e. The highest BCUT2D eigenvalue weighted by atomic mass is 19.1. The number of nitrogens with one attached hydrogen (secondary N) is 2. The summed E-state index contributed by atoms with van der Waals surface area (Å²) in [7, 11) is 1.18. The Morgan fingerprint density at radius 2 is 2.05 bits per heavy atom. The maximum atomic E-state index is 13.6. The fraction of sp³-hybridized carbons (Fsp3) is 0.308. The summed E-state index contributed by atoms with van der Waals surface area (Å²) in [6.45, 7) is 0.966. The van der Waals surface area contributed by atoms with Crippen LogP contribution in [0.1, 0.15) is 17.3 Å². The van der Waals surface area contributed by atoms with E-state index in [0.29, 0.717) is 0 Å². The van der Waals surface area contributed by atoms with Gasteiger partial charge in [0.05, 0.1) is 12.1 Å². The molecule has 21 heavy (non-hydrogen) atoms. The predicted octanol–water partition coefficient (Wildman–Crippen LogP) is 0.614. The first-order valence-electron chi connectivity index (χ1n) is 5.96. The minimum atomic E-state index is -1.25. The first-order valence-corrected chi connectivity index (χ1v) is 5.96. The van der Waals surface area contributed by atoms with Gasteiger partial charge in [-0.3, -0.25) is 9.59 Å². The van der Waals surface area contributed by atoms with Crippen LogP contribution in [0.4, 0.5) is 10.1 Å². The van der Waals surface area contributed by atoms with Crippen LogP contribution in [0, 0.1) is 5.82 Å². The van der Waals surface area contributed by atoms with Gasteiger partial charge in [0.25, 0.3) is 5.91 Å². The van der Waals surface area contributed by atoms with Crippen molar-refractivity contribution in [1.29, 1.82) is 0 Å². The number of methoxy groups -OCH3 is 1. The van der Waals surface area contributed by atoms with Crippen LogP contribution in [0.3, 0.4) is 0 Å². The van der Waals surface area contributed by atoms with E-state index in [9.17, 15) is 18.8 Å². The van der Waals surface area contributed by atoms with Gasteiger partial charge in [0.15, 0.2) is 6.10 Å². The molecule has 0 bridgehead atoms. The Bertz CT molecular complexity index is 561. The third kappa shape index (κ3) is 4.84. The Balaban J connectivity index is 2.81. The summed E-state index contributed by atoms with van der Waals surface area (Å²) < 4.78 is 18.2. The van der Waals surface area contributed by atoms with Gasteiger partial charge in [-0.2, -0.15) is 0 Å². The number of ether oxygens (including phenoxy) is 1. The molecule has 2 amide bonds. The molecule has 7 nitrogen and oxygen atoms in total. The SMILES string of the molecule is COC(CNC(=O)c1cc(NC(C)=O)ccc1F)C(=O)O. The average Bonchev–Trinajstić information content (AvgIpc) is 2.40. The van der Waals surface area contributed by atoms with E-state index in [1.165, 1.54) is 20.1 Å². The Kier molecular flexibility index (Phi) is 5.79. The molecule has 3 N–H and O–H groups in total. The van der Waals surface area contributed by atoms with Gasteiger partial charge < -0.3 is 20.5 Å². The summed E-state index contributed by atoms with van der Waals surface area (Å²) in [6, 6.07) is 3.50. The number of aliphatic carboxylic acids is 1. The van der Waals surface area contributed by atoms with E-state index in [4.69, 9.17) is 5.11 Å². The molecule has 8 heteroatoms. The monoisotopic (exact) mass is 298 g/mol. The number of hydrogen-bond acceptors (Lipinski definition) is 4. The molecule has 1 aromatic carbocycles. The second kappa shape index (κ2) is 7.34. The van der Waals surface area contributed by atoms with Crippen molar-refractivity contribution < 1.29 is 28.6 Å². The lowest BCUT2D eigenvalue weighted by Gasteiger charge is -2.12. The Labute approximate surface area is 120 Å². The summed E-state index contributed by atoms with van der Waals surface area (Å²) in [4.78, 5) is 33.5. The van der Waals surface area contributed by atoms with Crippen LogP contribution in [0.2, 0.25) is 0 Å². The van der Waals surface area contributed by atoms with Crippen molar-refractivity contribution in [1.82, 2.24) is 5.32 Å². The van der Waals surface area contributed by atoms with E-state index < -0.39 is 23.8 Å². The highest BCUT2D eigenvalue weighted by molar-refractivity contribution is 5.97. The van der Waals surface area contributed by atoms with Crippen LogP contribution < -0.4 is 10.6 Å². The van der Waals surface area contributed by atoms with Crippen molar-refractivity contribution in [3.63, 3.8) is 0 Å². The van der Waals surface area contributed by atoms with E-state index in [2.05, 4.69) is 15.4 Å². The zero-order valence-electron chi connectivity index (χ0n) is 11.5. The fourth-order valence-corrected chi connectivity index (χ4v) is 1.53. The third-order valence-electron chi connectivity index (χ3n) is 2.54. The van der Waals surface area contributed by atoms with Crippen LogP contribution in [0.25, 0.3) is 0 Å². The molecule has 114 valence electrons. The maximum absolute atomic E-state index is 13.6. The first-order chi connectivity index (χ1) is 9.85. The minimum absolute atomic E-state index is 0.260. The third-order valence-corrected chi connectivity index (χ3v) is 2.54. The number of benzene rings is 1. The summed E-state index contributed by atoms with van der Waals surface area (Å²) in [5.74, 6) is -3.20. The minimum Gasteiger partial charge on any atom is -0.479 e. The lowest BCUT2D eigenvalue weighted by molar-refractivity contribution is -0.148. The summed E-state index contributed by atoms with van der Waals surface area (Å²) in [6.07, 6.45) is -1.23. The summed E-state index contributed by atoms with van der Waals surface area (Å²) in [5.41, 5.74) is -0.0444.